The van der Waals surface area contributed by atoms with E-state index in [4.69, 9.17) is 4.74 Å². The van der Waals surface area contributed by atoms with Gasteiger partial charge in [-0.25, -0.2) is 0 Å². The number of carbonyl (C=O) groups is 1. The highest BCUT2D eigenvalue weighted by atomic mass is 16.5. The first-order chi connectivity index (χ1) is 11.4. The Kier molecular flexibility index (Phi) is 5.70. The van der Waals surface area contributed by atoms with Crippen LogP contribution in [-0.4, -0.2) is 23.3 Å². The van der Waals surface area contributed by atoms with Crippen molar-refractivity contribution in [3.8, 4) is 0 Å². The van der Waals surface area contributed by atoms with E-state index < -0.39 is 11.0 Å². The van der Waals surface area contributed by atoms with E-state index in [-0.39, 0.29) is 23.9 Å². The Bertz CT molecular complexity index is 490. The predicted molar refractivity (Wildman–Crippen MR) is 102 cm³/mol. The van der Waals surface area contributed by atoms with Crippen LogP contribution in [0.4, 0.5) is 0 Å². The zero-order valence-electron chi connectivity index (χ0n) is 17.6. The number of esters is 1. The Morgan fingerprint density at radius 3 is 2.32 bits per heavy atom. The van der Waals surface area contributed by atoms with Gasteiger partial charge in [0.2, 0.25) is 0 Å². The molecule has 0 amide bonds. The molecule has 3 unspecified atom stereocenters. The fourth-order valence-electron chi connectivity index (χ4n) is 5.02. The number of hydrogen-bond donors (Lipinski definition) is 1. The Labute approximate surface area is 154 Å². The molecule has 0 spiro atoms. The maximum absolute atomic E-state index is 12.4. The van der Waals surface area contributed by atoms with Gasteiger partial charge in [-0.15, -0.1) is 0 Å². The van der Waals surface area contributed by atoms with E-state index in [2.05, 4.69) is 27.7 Å². The Morgan fingerprint density at radius 1 is 1.16 bits per heavy atom. The van der Waals surface area contributed by atoms with E-state index in [0.717, 1.165) is 32.1 Å². The minimum atomic E-state index is -0.854. The molecule has 3 nitrogen and oxygen atoms in total. The fourth-order valence-corrected chi connectivity index (χ4v) is 5.02. The van der Waals surface area contributed by atoms with Gasteiger partial charge in [-0.05, 0) is 69.6 Å². The largest absolute Gasteiger partial charge is 0.462 e. The van der Waals surface area contributed by atoms with E-state index in [9.17, 15) is 9.90 Å². The van der Waals surface area contributed by atoms with Crippen molar-refractivity contribution in [2.75, 3.05) is 6.61 Å². The van der Waals surface area contributed by atoms with Crippen LogP contribution in [0, 0.1) is 28.1 Å². The molecule has 2 bridgehead atoms. The molecule has 25 heavy (non-hydrogen) atoms. The van der Waals surface area contributed by atoms with Gasteiger partial charge in [0, 0.05) is 5.41 Å². The van der Waals surface area contributed by atoms with Crippen LogP contribution in [0.3, 0.4) is 0 Å². The molecule has 0 aromatic carbocycles. The first-order valence-corrected chi connectivity index (χ1v) is 10.3. The van der Waals surface area contributed by atoms with Crippen molar-refractivity contribution in [2.45, 2.75) is 99.0 Å². The van der Waals surface area contributed by atoms with Crippen molar-refractivity contribution in [2.24, 2.45) is 28.1 Å². The lowest BCUT2D eigenvalue weighted by molar-refractivity contribution is -0.183. The van der Waals surface area contributed by atoms with E-state index in [0.29, 0.717) is 11.3 Å². The Balaban J connectivity index is 2.08. The van der Waals surface area contributed by atoms with Gasteiger partial charge in [-0.3, -0.25) is 4.79 Å². The van der Waals surface area contributed by atoms with E-state index >= 15 is 0 Å². The average molecular weight is 353 g/mol. The van der Waals surface area contributed by atoms with Gasteiger partial charge in [0.1, 0.15) is 12.2 Å². The summed E-state index contributed by atoms with van der Waals surface area (Å²) in [4.78, 5) is 12.4. The summed E-state index contributed by atoms with van der Waals surface area (Å²) in [5.74, 6) is 0.679. The first-order valence-electron chi connectivity index (χ1n) is 10.3. The maximum Gasteiger partial charge on any atom is 0.311 e. The van der Waals surface area contributed by atoms with Crippen molar-refractivity contribution < 1.29 is 14.6 Å². The average Bonchev–Trinajstić information content (AvgIpc) is 3.06. The summed E-state index contributed by atoms with van der Waals surface area (Å²) in [6.45, 7) is 15.1. The highest BCUT2D eigenvalue weighted by molar-refractivity contribution is 5.75. The second kappa shape index (κ2) is 6.87. The molecule has 0 radical (unpaired) electrons. The second-order valence-corrected chi connectivity index (χ2v) is 10.8. The Hall–Kier alpha value is -0.570. The third kappa shape index (κ3) is 3.91. The number of hydrogen-bond acceptors (Lipinski definition) is 3. The molecule has 2 saturated carbocycles. The molecule has 146 valence electrons. The molecule has 1 N–H and O–H groups in total. The lowest BCUT2D eigenvalue weighted by Gasteiger charge is -2.48. The van der Waals surface area contributed by atoms with Crippen LogP contribution < -0.4 is 0 Å². The number of carbonyl (C=O) groups excluding carboxylic acids is 1. The number of aliphatic hydroxyl groups is 1. The monoisotopic (exact) mass is 352 g/mol. The normalized spacial score (nSPS) is 35.2. The van der Waals surface area contributed by atoms with Gasteiger partial charge >= 0.3 is 5.97 Å². The predicted octanol–water partition coefficient (Wildman–Crippen LogP) is 5.35. The van der Waals surface area contributed by atoms with Crippen LogP contribution in [0.1, 0.15) is 93.4 Å². The van der Waals surface area contributed by atoms with Gasteiger partial charge in [0.25, 0.3) is 0 Å². The molecule has 2 aliphatic carbocycles. The van der Waals surface area contributed by atoms with Crippen molar-refractivity contribution in [3.05, 3.63) is 0 Å². The summed E-state index contributed by atoms with van der Waals surface area (Å²) in [6.07, 6.45) is 7.45. The standard InChI is InChI=1S/C22H40O3/c1-8-20(5,6)18(23)25-15-22(24)17-11-10-16(14-17)21(22,7)13-9-12-19(2,3)4/h16-17,24H,8-15H2,1-7H3/t16?,17?,21-,22?/m0/s1. The molecule has 0 saturated heterocycles. The van der Waals surface area contributed by atoms with Gasteiger partial charge in [-0.1, -0.05) is 41.0 Å². The molecule has 2 rings (SSSR count). The lowest BCUT2D eigenvalue weighted by atomic mass is 9.61. The minimum Gasteiger partial charge on any atom is -0.462 e. The van der Waals surface area contributed by atoms with Crippen molar-refractivity contribution in [1.82, 2.24) is 0 Å². The Morgan fingerprint density at radius 2 is 1.76 bits per heavy atom. The van der Waals surface area contributed by atoms with Crippen molar-refractivity contribution >= 4 is 5.97 Å². The van der Waals surface area contributed by atoms with Crippen LogP contribution in [0.25, 0.3) is 0 Å². The number of rotatable bonds is 7. The lowest BCUT2D eigenvalue weighted by Crippen LogP contribution is -2.55. The molecule has 0 aromatic rings. The van der Waals surface area contributed by atoms with Gasteiger partial charge in [0.15, 0.2) is 0 Å². The topological polar surface area (TPSA) is 46.5 Å². The summed E-state index contributed by atoms with van der Waals surface area (Å²) in [6, 6.07) is 0. The summed E-state index contributed by atoms with van der Waals surface area (Å²) < 4.78 is 5.69. The maximum atomic E-state index is 12.4. The highest BCUT2D eigenvalue weighted by Gasteiger charge is 2.64. The summed E-state index contributed by atoms with van der Waals surface area (Å²) in [5.41, 5.74) is -1.13. The SMILES string of the molecule is CCC(C)(C)C(=O)OCC1(O)C2CCC(C2)[C@]1(C)CCCC(C)(C)C. The molecule has 4 atom stereocenters. The van der Waals surface area contributed by atoms with Crippen molar-refractivity contribution in [3.63, 3.8) is 0 Å². The third-order valence-corrected chi connectivity index (χ3v) is 7.48. The molecule has 0 aliphatic heterocycles. The van der Waals surface area contributed by atoms with Crippen molar-refractivity contribution in [1.29, 1.82) is 0 Å². The highest BCUT2D eigenvalue weighted by Crippen LogP contribution is 2.63. The molecule has 2 aliphatic rings. The van der Waals surface area contributed by atoms with Gasteiger partial charge in [-0.2, -0.15) is 0 Å². The van der Waals surface area contributed by atoms with E-state index in [1.165, 1.54) is 12.8 Å². The smallest absolute Gasteiger partial charge is 0.311 e. The van der Waals surface area contributed by atoms with E-state index in [1.54, 1.807) is 0 Å². The number of fused-ring (bicyclic) bond motifs is 2. The zero-order valence-corrected chi connectivity index (χ0v) is 17.6. The van der Waals surface area contributed by atoms with E-state index in [1.807, 2.05) is 20.8 Å². The quantitative estimate of drug-likeness (QED) is 0.628. The third-order valence-electron chi connectivity index (χ3n) is 7.48. The molecule has 0 heterocycles. The van der Waals surface area contributed by atoms with Crippen LogP contribution in [0.15, 0.2) is 0 Å². The summed E-state index contributed by atoms with van der Waals surface area (Å²) in [5, 5.41) is 11.6. The second-order valence-electron chi connectivity index (χ2n) is 10.8. The van der Waals surface area contributed by atoms with Gasteiger partial charge < -0.3 is 9.84 Å². The molecular formula is C22H40O3. The minimum absolute atomic E-state index is 0.127. The summed E-state index contributed by atoms with van der Waals surface area (Å²) in [7, 11) is 0. The number of ether oxygens (including phenoxy) is 1. The van der Waals surface area contributed by atoms with Crippen LogP contribution in [0.2, 0.25) is 0 Å². The van der Waals surface area contributed by atoms with Crippen LogP contribution >= 0.6 is 0 Å². The summed E-state index contributed by atoms with van der Waals surface area (Å²) >= 11 is 0. The van der Waals surface area contributed by atoms with Crippen LogP contribution in [-0.2, 0) is 9.53 Å². The molecule has 0 aromatic heterocycles. The molecule has 2 fully saturated rings. The van der Waals surface area contributed by atoms with Crippen LogP contribution in [0.5, 0.6) is 0 Å². The fraction of sp³-hybridized carbons (Fsp3) is 0.955. The van der Waals surface area contributed by atoms with Gasteiger partial charge in [0.05, 0.1) is 5.41 Å². The molecular weight excluding hydrogens is 312 g/mol. The first kappa shape index (κ1) is 20.7. The zero-order chi connectivity index (χ0) is 19.1. The molecule has 3 heteroatoms.